The molecule has 0 aromatic heterocycles. The molecule has 0 amide bonds. The molecule has 0 radical (unpaired) electrons. The highest BCUT2D eigenvalue weighted by atomic mass is 35.5. The van der Waals surface area contributed by atoms with E-state index in [0.29, 0.717) is 27.1 Å². The standard InChI is InChI=1S/C8H6Cl2FN3S/c9-4-3-5(10)7-8(14-15-13-7)6(4)12-2-1-11/h3,12H,1-2H2. The first-order chi connectivity index (χ1) is 7.24. The normalized spacial score (nSPS) is 12.5. The Kier molecular flexibility index (Phi) is 3.23. The van der Waals surface area contributed by atoms with Crippen LogP contribution < -0.4 is 5.32 Å². The Labute approximate surface area is 99.5 Å². The number of fused-ring (bicyclic) bond motifs is 1. The largest absolute Gasteiger partial charge is 0.379 e. The monoisotopic (exact) mass is 265 g/mol. The Bertz CT molecular complexity index is 471. The second-order valence-corrected chi connectivity index (χ2v) is 4.14. The van der Waals surface area contributed by atoms with Gasteiger partial charge in [0.05, 0.1) is 27.1 Å². The van der Waals surface area contributed by atoms with Crippen molar-refractivity contribution >= 4 is 51.6 Å². The van der Waals surface area contributed by atoms with E-state index in [1.807, 2.05) is 0 Å². The van der Waals surface area contributed by atoms with E-state index >= 15 is 0 Å². The lowest BCUT2D eigenvalue weighted by Crippen LogP contribution is -2.03. The van der Waals surface area contributed by atoms with Crippen molar-refractivity contribution in [1.29, 1.82) is 0 Å². The molecule has 80 valence electrons. The Hall–Kier alpha value is -0.650. The van der Waals surface area contributed by atoms with Gasteiger partial charge in [0.1, 0.15) is 18.0 Å². The molecule has 0 saturated carbocycles. The summed E-state index contributed by atoms with van der Waals surface area (Å²) in [6.07, 6.45) is 0. The van der Waals surface area contributed by atoms with Crippen LogP contribution in [0.1, 0.15) is 0 Å². The zero-order valence-corrected chi connectivity index (χ0v) is 9.76. The molecule has 1 heterocycles. The number of halogens is 3. The van der Waals surface area contributed by atoms with Crippen LogP contribution in [0.2, 0.25) is 10.0 Å². The fourth-order valence-corrected chi connectivity index (χ4v) is 2.39. The molecule has 0 unspecified atom stereocenters. The maximum absolute atomic E-state index is 12.1. The molecule has 0 bridgehead atoms. The topological polar surface area (TPSA) is 36.8 Å². The summed E-state index contributed by atoms with van der Waals surface area (Å²) in [5.74, 6) is 0. The highest BCUT2D eigenvalue weighted by molar-refractivity contribution is 7.58. The van der Waals surface area contributed by atoms with Crippen molar-refractivity contribution in [3.63, 3.8) is 0 Å². The van der Waals surface area contributed by atoms with E-state index in [0.717, 1.165) is 11.4 Å². The minimum Gasteiger partial charge on any atom is -0.379 e. The summed E-state index contributed by atoms with van der Waals surface area (Å²) in [4.78, 5) is 0. The second-order valence-electron chi connectivity index (χ2n) is 2.79. The number of hydrogen-bond donors (Lipinski definition) is 1. The number of nitrogens with one attached hydrogen (secondary N) is 1. The molecule has 1 N–H and O–H groups in total. The fourth-order valence-electron chi connectivity index (χ4n) is 1.21. The number of nitrogens with zero attached hydrogens (tertiary/aromatic N) is 2. The predicted molar refractivity (Wildman–Crippen MR) is 62.5 cm³/mol. The Morgan fingerprint density at radius 2 is 2.00 bits per heavy atom. The van der Waals surface area contributed by atoms with Crippen molar-refractivity contribution in [1.82, 2.24) is 0 Å². The maximum atomic E-state index is 12.1. The van der Waals surface area contributed by atoms with E-state index in [-0.39, 0.29) is 6.54 Å². The number of anilines is 1. The van der Waals surface area contributed by atoms with Crippen LogP contribution in [0.3, 0.4) is 0 Å². The SMILES string of the molecule is FCCNc1c(Cl)cc(Cl)c2c1N=S=N2. The lowest BCUT2D eigenvalue weighted by atomic mass is 10.2. The molecule has 7 heteroatoms. The van der Waals surface area contributed by atoms with Gasteiger partial charge in [0.15, 0.2) is 0 Å². The van der Waals surface area contributed by atoms with E-state index in [1.54, 1.807) is 6.07 Å². The van der Waals surface area contributed by atoms with E-state index in [9.17, 15) is 4.39 Å². The van der Waals surface area contributed by atoms with Gasteiger partial charge in [-0.3, -0.25) is 0 Å². The number of alkyl halides is 1. The van der Waals surface area contributed by atoms with Gasteiger partial charge in [-0.2, -0.15) is 8.73 Å². The minimum atomic E-state index is -0.474. The number of benzene rings is 1. The van der Waals surface area contributed by atoms with E-state index < -0.39 is 6.67 Å². The van der Waals surface area contributed by atoms with Gasteiger partial charge in [-0.25, -0.2) is 4.39 Å². The summed E-state index contributed by atoms with van der Waals surface area (Å²) in [6, 6.07) is 1.58. The molecule has 0 atom stereocenters. The van der Waals surface area contributed by atoms with Crippen molar-refractivity contribution in [3.8, 4) is 0 Å². The molecule has 0 spiro atoms. The molecule has 0 fully saturated rings. The van der Waals surface area contributed by atoms with Crippen LogP contribution >= 0.6 is 23.2 Å². The van der Waals surface area contributed by atoms with Crippen molar-refractivity contribution in [2.75, 3.05) is 18.5 Å². The third kappa shape index (κ3) is 2.00. The molecule has 15 heavy (non-hydrogen) atoms. The van der Waals surface area contributed by atoms with Crippen molar-refractivity contribution in [2.24, 2.45) is 8.73 Å². The average Bonchev–Trinajstić information content (AvgIpc) is 2.66. The van der Waals surface area contributed by atoms with E-state index in [2.05, 4.69) is 14.0 Å². The lowest BCUT2D eigenvalue weighted by Gasteiger charge is -2.10. The summed E-state index contributed by atoms with van der Waals surface area (Å²) in [5.41, 5.74) is 1.76. The molecule has 1 aromatic carbocycles. The molecular formula is C8H6Cl2FN3S. The van der Waals surface area contributed by atoms with Gasteiger partial charge in [-0.1, -0.05) is 23.2 Å². The van der Waals surface area contributed by atoms with Gasteiger partial charge in [0, 0.05) is 6.54 Å². The Morgan fingerprint density at radius 3 is 2.73 bits per heavy atom. The summed E-state index contributed by atoms with van der Waals surface area (Å²) in [7, 11) is 0. The third-order valence-corrected chi connectivity index (χ3v) is 2.95. The van der Waals surface area contributed by atoms with Crippen LogP contribution in [0.25, 0.3) is 0 Å². The number of rotatable bonds is 3. The average molecular weight is 266 g/mol. The van der Waals surface area contributed by atoms with Gasteiger partial charge >= 0.3 is 0 Å². The smallest absolute Gasteiger partial charge is 0.130 e. The highest BCUT2D eigenvalue weighted by Gasteiger charge is 2.18. The van der Waals surface area contributed by atoms with Gasteiger partial charge in [-0.15, -0.1) is 0 Å². The Morgan fingerprint density at radius 1 is 1.27 bits per heavy atom. The molecule has 1 aromatic rings. The van der Waals surface area contributed by atoms with Gasteiger partial charge < -0.3 is 5.32 Å². The van der Waals surface area contributed by atoms with Gasteiger partial charge in [0.25, 0.3) is 0 Å². The maximum Gasteiger partial charge on any atom is 0.130 e. The van der Waals surface area contributed by atoms with E-state index in [1.165, 1.54) is 0 Å². The van der Waals surface area contributed by atoms with Crippen LogP contribution in [0.4, 0.5) is 21.5 Å². The first-order valence-electron chi connectivity index (χ1n) is 4.14. The minimum absolute atomic E-state index is 0.188. The molecule has 1 aliphatic rings. The first-order valence-corrected chi connectivity index (χ1v) is 5.62. The van der Waals surface area contributed by atoms with Crippen LogP contribution in [-0.4, -0.2) is 13.2 Å². The third-order valence-electron chi connectivity index (χ3n) is 1.84. The van der Waals surface area contributed by atoms with Crippen molar-refractivity contribution in [3.05, 3.63) is 16.1 Å². The van der Waals surface area contributed by atoms with Crippen molar-refractivity contribution < 1.29 is 4.39 Å². The van der Waals surface area contributed by atoms with Crippen molar-refractivity contribution in [2.45, 2.75) is 0 Å². The van der Waals surface area contributed by atoms with Crippen LogP contribution in [0.15, 0.2) is 14.8 Å². The van der Waals surface area contributed by atoms with Gasteiger partial charge in [-0.05, 0) is 6.07 Å². The predicted octanol–water partition coefficient (Wildman–Crippen LogP) is 4.10. The molecule has 0 aliphatic carbocycles. The summed E-state index contributed by atoms with van der Waals surface area (Å²) in [6.45, 7) is -0.286. The van der Waals surface area contributed by atoms with Gasteiger partial charge in [0.2, 0.25) is 0 Å². The van der Waals surface area contributed by atoms with E-state index in [4.69, 9.17) is 23.2 Å². The molecule has 3 nitrogen and oxygen atoms in total. The fraction of sp³-hybridized carbons (Fsp3) is 0.250. The molecule has 0 saturated heterocycles. The first kappa shape index (κ1) is 10.9. The van der Waals surface area contributed by atoms with Crippen LogP contribution in [0.5, 0.6) is 0 Å². The Balaban J connectivity index is 2.46. The molecule has 1 aliphatic heterocycles. The highest BCUT2D eigenvalue weighted by Crippen LogP contribution is 2.47. The summed E-state index contributed by atoms with van der Waals surface area (Å²) >= 11 is 12.9. The zero-order chi connectivity index (χ0) is 10.8. The lowest BCUT2D eigenvalue weighted by molar-refractivity contribution is 0.513. The molecule has 2 rings (SSSR count). The molecular weight excluding hydrogens is 260 g/mol. The number of hydrogen-bond acceptors (Lipinski definition) is 3. The zero-order valence-electron chi connectivity index (χ0n) is 7.43. The quantitative estimate of drug-likeness (QED) is 0.892. The second kappa shape index (κ2) is 4.47. The van der Waals surface area contributed by atoms with Crippen LogP contribution in [0, 0.1) is 0 Å². The van der Waals surface area contributed by atoms with Crippen LogP contribution in [-0.2, 0) is 11.4 Å². The summed E-state index contributed by atoms with van der Waals surface area (Å²) in [5, 5.41) is 3.74. The summed E-state index contributed by atoms with van der Waals surface area (Å²) < 4.78 is 20.2.